The number of rotatable bonds is 5. The number of benzene rings is 1. The molecule has 1 heterocycles. The van der Waals surface area contributed by atoms with Crippen LogP contribution >= 0.6 is 11.3 Å². The van der Waals surface area contributed by atoms with E-state index in [1.165, 1.54) is 11.3 Å². The molecule has 1 aromatic carbocycles. The molecule has 0 aliphatic carbocycles. The first-order chi connectivity index (χ1) is 9.44. The van der Waals surface area contributed by atoms with Gasteiger partial charge in [-0.2, -0.15) is 0 Å². The van der Waals surface area contributed by atoms with Gasteiger partial charge < -0.3 is 4.74 Å². The van der Waals surface area contributed by atoms with Crippen LogP contribution in [0.1, 0.15) is 16.0 Å². The Labute approximate surface area is 123 Å². The summed E-state index contributed by atoms with van der Waals surface area (Å²) >= 11 is 1.53. The van der Waals surface area contributed by atoms with Gasteiger partial charge in [0, 0.05) is 11.4 Å². The Morgan fingerprint density at radius 3 is 2.40 bits per heavy atom. The van der Waals surface area contributed by atoms with E-state index >= 15 is 0 Å². The van der Waals surface area contributed by atoms with E-state index in [2.05, 4.69) is 4.72 Å². The molecule has 1 aromatic heterocycles. The second-order valence-electron chi connectivity index (χ2n) is 4.49. The molecule has 0 amide bonds. The van der Waals surface area contributed by atoms with Crippen molar-refractivity contribution in [2.24, 2.45) is 0 Å². The third-order valence-corrected chi connectivity index (χ3v) is 5.54. The zero-order valence-electron chi connectivity index (χ0n) is 11.6. The van der Waals surface area contributed by atoms with Crippen LogP contribution in [0.15, 0.2) is 34.5 Å². The molecule has 0 atom stereocenters. The highest BCUT2D eigenvalue weighted by Crippen LogP contribution is 2.25. The first-order valence-electron chi connectivity index (χ1n) is 6.11. The lowest BCUT2D eigenvalue weighted by molar-refractivity contribution is 0.413. The van der Waals surface area contributed by atoms with Crippen LogP contribution in [-0.4, -0.2) is 15.5 Å². The van der Waals surface area contributed by atoms with Crippen molar-refractivity contribution in [1.82, 2.24) is 4.72 Å². The smallest absolute Gasteiger partial charge is 0.241 e. The van der Waals surface area contributed by atoms with Crippen molar-refractivity contribution in [1.29, 1.82) is 0 Å². The van der Waals surface area contributed by atoms with E-state index in [1.54, 1.807) is 33.1 Å². The summed E-state index contributed by atoms with van der Waals surface area (Å²) in [6, 6.07) is 7.26. The van der Waals surface area contributed by atoms with E-state index in [4.69, 9.17) is 4.74 Å². The summed E-state index contributed by atoms with van der Waals surface area (Å²) in [5, 5.41) is 1.92. The van der Waals surface area contributed by atoms with Crippen molar-refractivity contribution >= 4 is 21.4 Å². The number of thiophene rings is 1. The van der Waals surface area contributed by atoms with Gasteiger partial charge in [-0.25, -0.2) is 13.1 Å². The molecule has 0 saturated heterocycles. The summed E-state index contributed by atoms with van der Waals surface area (Å²) < 4.78 is 32.6. The summed E-state index contributed by atoms with van der Waals surface area (Å²) in [7, 11) is -1.95. The van der Waals surface area contributed by atoms with Crippen molar-refractivity contribution in [3.05, 3.63) is 45.6 Å². The van der Waals surface area contributed by atoms with Crippen molar-refractivity contribution in [3.63, 3.8) is 0 Å². The highest BCUT2D eigenvalue weighted by atomic mass is 32.2. The molecule has 6 heteroatoms. The molecule has 0 spiro atoms. The van der Waals surface area contributed by atoms with E-state index in [-0.39, 0.29) is 0 Å². The molecule has 0 aliphatic rings. The first-order valence-corrected chi connectivity index (χ1v) is 8.47. The summed E-state index contributed by atoms with van der Waals surface area (Å²) in [5.74, 6) is 0.664. The molecule has 0 radical (unpaired) electrons. The van der Waals surface area contributed by atoms with Gasteiger partial charge in [-0.1, -0.05) is 6.07 Å². The SMILES string of the molecule is COc1cc(C)c(S(=O)(=O)NCc2cccs2)c(C)c1. The monoisotopic (exact) mass is 311 g/mol. The lowest BCUT2D eigenvalue weighted by Gasteiger charge is -2.13. The Morgan fingerprint density at radius 1 is 1.25 bits per heavy atom. The van der Waals surface area contributed by atoms with Crippen molar-refractivity contribution < 1.29 is 13.2 Å². The molecule has 0 unspecified atom stereocenters. The minimum Gasteiger partial charge on any atom is -0.497 e. The number of aryl methyl sites for hydroxylation is 2. The molecule has 0 fully saturated rings. The standard InChI is InChI=1S/C14H17NO3S2/c1-10-7-12(18-3)8-11(2)14(10)20(16,17)15-9-13-5-4-6-19-13/h4-8,15H,9H2,1-3H3. The quantitative estimate of drug-likeness (QED) is 0.924. The van der Waals surface area contributed by atoms with Gasteiger partial charge in [0.2, 0.25) is 10.0 Å². The van der Waals surface area contributed by atoms with Crippen LogP contribution in [0.25, 0.3) is 0 Å². The largest absolute Gasteiger partial charge is 0.497 e. The zero-order chi connectivity index (χ0) is 14.8. The number of sulfonamides is 1. The molecule has 20 heavy (non-hydrogen) atoms. The minimum atomic E-state index is -3.52. The van der Waals surface area contributed by atoms with Crippen LogP contribution in [0.5, 0.6) is 5.75 Å². The maximum absolute atomic E-state index is 12.4. The lowest BCUT2D eigenvalue weighted by atomic mass is 10.1. The average molecular weight is 311 g/mol. The Balaban J connectivity index is 2.29. The van der Waals surface area contributed by atoms with Gasteiger partial charge in [-0.15, -0.1) is 11.3 Å². The van der Waals surface area contributed by atoms with Crippen molar-refractivity contribution in [2.45, 2.75) is 25.3 Å². The maximum atomic E-state index is 12.4. The molecule has 2 rings (SSSR count). The summed E-state index contributed by atoms with van der Waals surface area (Å²) in [4.78, 5) is 1.31. The number of methoxy groups -OCH3 is 1. The van der Waals surface area contributed by atoms with Crippen LogP contribution in [0.2, 0.25) is 0 Å². The van der Waals surface area contributed by atoms with E-state index < -0.39 is 10.0 Å². The predicted octanol–water partition coefficient (Wildman–Crippen LogP) is 2.85. The van der Waals surface area contributed by atoms with Crippen LogP contribution in [0.3, 0.4) is 0 Å². The zero-order valence-corrected chi connectivity index (χ0v) is 13.3. The van der Waals surface area contributed by atoms with Gasteiger partial charge in [0.25, 0.3) is 0 Å². The highest BCUT2D eigenvalue weighted by Gasteiger charge is 2.20. The number of ether oxygens (including phenoxy) is 1. The van der Waals surface area contributed by atoms with Gasteiger partial charge in [0.05, 0.1) is 12.0 Å². The fourth-order valence-electron chi connectivity index (χ4n) is 2.10. The predicted molar refractivity (Wildman–Crippen MR) is 80.8 cm³/mol. The molecule has 0 saturated carbocycles. The van der Waals surface area contributed by atoms with Crippen LogP contribution in [-0.2, 0) is 16.6 Å². The molecular formula is C14H17NO3S2. The fourth-order valence-corrected chi connectivity index (χ4v) is 4.30. The molecule has 0 aliphatic heterocycles. The third kappa shape index (κ3) is 3.20. The Bertz CT molecular complexity index is 668. The molecule has 1 N–H and O–H groups in total. The second kappa shape index (κ2) is 5.95. The molecular weight excluding hydrogens is 294 g/mol. The van der Waals surface area contributed by atoms with Gasteiger partial charge in [-0.3, -0.25) is 0 Å². The van der Waals surface area contributed by atoms with Crippen LogP contribution in [0, 0.1) is 13.8 Å². The van der Waals surface area contributed by atoms with Crippen LogP contribution < -0.4 is 9.46 Å². The Morgan fingerprint density at radius 2 is 1.90 bits per heavy atom. The fraction of sp³-hybridized carbons (Fsp3) is 0.286. The molecule has 2 aromatic rings. The van der Waals surface area contributed by atoms with Crippen molar-refractivity contribution in [2.75, 3.05) is 7.11 Å². The van der Waals surface area contributed by atoms with E-state index in [9.17, 15) is 8.42 Å². The summed E-state index contributed by atoms with van der Waals surface area (Å²) in [6.07, 6.45) is 0. The number of hydrogen-bond donors (Lipinski definition) is 1. The topological polar surface area (TPSA) is 55.4 Å². The Hall–Kier alpha value is -1.37. The van der Waals surface area contributed by atoms with Gasteiger partial charge in [0.15, 0.2) is 0 Å². The molecule has 0 bridgehead atoms. The van der Waals surface area contributed by atoms with E-state index in [0.717, 1.165) is 4.88 Å². The third-order valence-electron chi connectivity index (χ3n) is 2.95. The molecule has 4 nitrogen and oxygen atoms in total. The summed E-state index contributed by atoms with van der Waals surface area (Å²) in [5.41, 5.74) is 1.36. The average Bonchev–Trinajstić information content (AvgIpc) is 2.88. The normalized spacial score (nSPS) is 11.6. The van der Waals surface area contributed by atoms with Crippen LogP contribution in [0.4, 0.5) is 0 Å². The van der Waals surface area contributed by atoms with E-state index in [1.807, 2.05) is 17.5 Å². The number of nitrogens with one attached hydrogen (secondary N) is 1. The van der Waals surface area contributed by atoms with Gasteiger partial charge in [0.1, 0.15) is 5.75 Å². The summed E-state index contributed by atoms with van der Waals surface area (Å²) in [6.45, 7) is 3.86. The van der Waals surface area contributed by atoms with Gasteiger partial charge in [-0.05, 0) is 48.6 Å². The minimum absolute atomic E-state index is 0.310. The molecule has 108 valence electrons. The second-order valence-corrected chi connectivity index (χ2v) is 7.23. The van der Waals surface area contributed by atoms with E-state index in [0.29, 0.717) is 28.3 Å². The van der Waals surface area contributed by atoms with Gasteiger partial charge >= 0.3 is 0 Å². The lowest BCUT2D eigenvalue weighted by Crippen LogP contribution is -2.24. The highest BCUT2D eigenvalue weighted by molar-refractivity contribution is 7.89. The Kier molecular flexibility index (Phi) is 4.47. The maximum Gasteiger partial charge on any atom is 0.241 e. The van der Waals surface area contributed by atoms with Crippen molar-refractivity contribution in [3.8, 4) is 5.75 Å². The first kappa shape index (κ1) is 15.0. The number of hydrogen-bond acceptors (Lipinski definition) is 4.